The van der Waals surface area contributed by atoms with Gasteiger partial charge in [0, 0.05) is 11.7 Å². The summed E-state index contributed by atoms with van der Waals surface area (Å²) in [4.78, 5) is 17.0. The Balaban J connectivity index is 2.14. The predicted molar refractivity (Wildman–Crippen MR) is 96.0 cm³/mol. The lowest BCUT2D eigenvalue weighted by Crippen LogP contribution is -2.40. The molecule has 0 unspecified atom stereocenters. The van der Waals surface area contributed by atoms with Crippen LogP contribution in [-0.2, 0) is 16.4 Å². The number of carbonyl (C=O) groups is 1. The SMILES string of the molecule is CCc1ccsc1C(=O)Nc1ccc(S(=O)(=O)NC(C)(C)C)cn1. The third-order valence-electron chi connectivity index (χ3n) is 3.06. The van der Waals surface area contributed by atoms with Crippen LogP contribution < -0.4 is 10.0 Å². The second-order valence-corrected chi connectivity index (χ2v) is 8.92. The molecule has 0 aromatic carbocycles. The molecule has 2 N–H and O–H groups in total. The number of nitrogens with zero attached hydrogens (tertiary/aromatic N) is 1. The van der Waals surface area contributed by atoms with Crippen molar-refractivity contribution in [2.24, 2.45) is 0 Å². The fourth-order valence-corrected chi connectivity index (χ4v) is 4.31. The molecule has 6 nitrogen and oxygen atoms in total. The molecule has 130 valence electrons. The van der Waals surface area contributed by atoms with E-state index in [1.165, 1.54) is 29.7 Å². The summed E-state index contributed by atoms with van der Waals surface area (Å²) in [5.74, 6) is 0.0722. The smallest absolute Gasteiger partial charge is 0.267 e. The van der Waals surface area contributed by atoms with Gasteiger partial charge in [0.25, 0.3) is 5.91 Å². The van der Waals surface area contributed by atoms with Crippen LogP contribution in [0.2, 0.25) is 0 Å². The van der Waals surface area contributed by atoms with Gasteiger partial charge < -0.3 is 5.32 Å². The maximum absolute atomic E-state index is 12.3. The van der Waals surface area contributed by atoms with Crippen molar-refractivity contribution < 1.29 is 13.2 Å². The Kier molecular flexibility index (Phi) is 5.42. The Morgan fingerprint density at radius 2 is 1.96 bits per heavy atom. The van der Waals surface area contributed by atoms with Gasteiger partial charge in [-0.3, -0.25) is 4.79 Å². The van der Waals surface area contributed by atoms with Crippen molar-refractivity contribution in [2.45, 2.75) is 44.6 Å². The lowest BCUT2D eigenvalue weighted by atomic mass is 10.1. The number of carbonyl (C=O) groups excluding carboxylic acids is 1. The van der Waals surface area contributed by atoms with Gasteiger partial charge in [-0.15, -0.1) is 11.3 Å². The van der Waals surface area contributed by atoms with Crippen molar-refractivity contribution in [3.63, 3.8) is 0 Å². The van der Waals surface area contributed by atoms with Crippen LogP contribution in [0.15, 0.2) is 34.7 Å². The number of thiophene rings is 1. The third kappa shape index (κ3) is 4.62. The van der Waals surface area contributed by atoms with Gasteiger partial charge in [-0.05, 0) is 56.3 Å². The number of amides is 1. The molecule has 0 radical (unpaired) electrons. The molecular formula is C16H21N3O3S2. The minimum absolute atomic E-state index is 0.0563. The van der Waals surface area contributed by atoms with Crippen LogP contribution in [0, 0.1) is 0 Å². The fourth-order valence-electron chi connectivity index (χ4n) is 2.06. The summed E-state index contributed by atoms with van der Waals surface area (Å²) in [7, 11) is -3.64. The van der Waals surface area contributed by atoms with E-state index in [4.69, 9.17) is 0 Å². The van der Waals surface area contributed by atoms with Gasteiger partial charge in [0.2, 0.25) is 10.0 Å². The summed E-state index contributed by atoms with van der Waals surface area (Å²) in [6.07, 6.45) is 2.01. The van der Waals surface area contributed by atoms with Gasteiger partial charge in [-0.2, -0.15) is 0 Å². The molecule has 0 spiro atoms. The Labute approximate surface area is 146 Å². The number of anilines is 1. The maximum Gasteiger partial charge on any atom is 0.267 e. The van der Waals surface area contributed by atoms with E-state index < -0.39 is 15.6 Å². The van der Waals surface area contributed by atoms with Crippen molar-refractivity contribution >= 4 is 33.1 Å². The molecule has 0 atom stereocenters. The predicted octanol–water partition coefficient (Wildman–Crippen LogP) is 3.03. The Morgan fingerprint density at radius 3 is 2.50 bits per heavy atom. The molecule has 2 aromatic heterocycles. The standard InChI is InChI=1S/C16H21N3O3S2/c1-5-11-8-9-23-14(11)15(20)18-13-7-6-12(10-17-13)24(21,22)19-16(2,3)4/h6-10,19H,5H2,1-4H3,(H,17,18,20). The molecule has 8 heteroatoms. The van der Waals surface area contributed by atoms with E-state index >= 15 is 0 Å². The minimum Gasteiger partial charge on any atom is -0.306 e. The molecule has 0 aliphatic rings. The van der Waals surface area contributed by atoms with Crippen molar-refractivity contribution in [3.05, 3.63) is 40.2 Å². The van der Waals surface area contributed by atoms with E-state index in [-0.39, 0.29) is 10.8 Å². The highest BCUT2D eigenvalue weighted by Crippen LogP contribution is 2.19. The van der Waals surface area contributed by atoms with Crippen LogP contribution in [-0.4, -0.2) is 24.8 Å². The molecule has 0 saturated carbocycles. The first kappa shape index (κ1) is 18.6. The van der Waals surface area contributed by atoms with Crippen molar-refractivity contribution in [1.82, 2.24) is 9.71 Å². The van der Waals surface area contributed by atoms with Crippen LogP contribution in [0.1, 0.15) is 42.9 Å². The van der Waals surface area contributed by atoms with Crippen molar-refractivity contribution in [2.75, 3.05) is 5.32 Å². The van der Waals surface area contributed by atoms with Gasteiger partial charge >= 0.3 is 0 Å². The Morgan fingerprint density at radius 1 is 1.25 bits per heavy atom. The second kappa shape index (κ2) is 7.00. The van der Waals surface area contributed by atoms with Gasteiger partial charge in [0.15, 0.2) is 0 Å². The summed E-state index contributed by atoms with van der Waals surface area (Å²) < 4.78 is 27.0. The molecular weight excluding hydrogens is 346 g/mol. The first-order valence-electron chi connectivity index (χ1n) is 7.50. The number of hydrogen-bond donors (Lipinski definition) is 2. The molecule has 0 saturated heterocycles. The topological polar surface area (TPSA) is 88.2 Å². The van der Waals surface area contributed by atoms with E-state index in [9.17, 15) is 13.2 Å². The lowest BCUT2D eigenvalue weighted by Gasteiger charge is -2.20. The average molecular weight is 367 g/mol. The van der Waals surface area contributed by atoms with E-state index in [0.29, 0.717) is 10.7 Å². The van der Waals surface area contributed by atoms with Crippen LogP contribution in [0.25, 0.3) is 0 Å². The highest BCUT2D eigenvalue weighted by Gasteiger charge is 2.22. The van der Waals surface area contributed by atoms with E-state index in [1.807, 2.05) is 18.4 Å². The molecule has 0 bridgehead atoms. The highest BCUT2D eigenvalue weighted by molar-refractivity contribution is 7.89. The molecule has 0 aliphatic heterocycles. The number of rotatable bonds is 5. The quantitative estimate of drug-likeness (QED) is 0.850. The highest BCUT2D eigenvalue weighted by atomic mass is 32.2. The zero-order chi connectivity index (χ0) is 18.0. The van der Waals surface area contributed by atoms with Crippen LogP contribution in [0.3, 0.4) is 0 Å². The molecule has 0 aliphatic carbocycles. The molecule has 0 fully saturated rings. The third-order valence-corrected chi connectivity index (χ3v) is 5.76. The largest absolute Gasteiger partial charge is 0.306 e. The number of nitrogens with one attached hydrogen (secondary N) is 2. The zero-order valence-electron chi connectivity index (χ0n) is 14.1. The van der Waals surface area contributed by atoms with E-state index in [2.05, 4.69) is 15.0 Å². The van der Waals surface area contributed by atoms with Crippen LogP contribution in [0.4, 0.5) is 5.82 Å². The normalized spacial score (nSPS) is 12.2. The zero-order valence-corrected chi connectivity index (χ0v) is 15.7. The van der Waals surface area contributed by atoms with Gasteiger partial charge in [-0.25, -0.2) is 18.1 Å². The van der Waals surface area contributed by atoms with Crippen LogP contribution >= 0.6 is 11.3 Å². The second-order valence-electron chi connectivity index (χ2n) is 6.32. The number of hydrogen-bond acceptors (Lipinski definition) is 5. The summed E-state index contributed by atoms with van der Waals surface area (Å²) >= 11 is 1.37. The molecule has 2 heterocycles. The first-order chi connectivity index (χ1) is 11.1. The Bertz CT molecular complexity index is 819. The summed E-state index contributed by atoms with van der Waals surface area (Å²) in [6.45, 7) is 7.27. The maximum atomic E-state index is 12.3. The molecule has 24 heavy (non-hydrogen) atoms. The van der Waals surface area contributed by atoms with E-state index in [1.54, 1.807) is 20.8 Å². The number of aryl methyl sites for hydroxylation is 1. The van der Waals surface area contributed by atoms with Crippen molar-refractivity contribution in [1.29, 1.82) is 0 Å². The number of pyridine rings is 1. The van der Waals surface area contributed by atoms with Gasteiger partial charge in [0.1, 0.15) is 10.7 Å². The molecule has 2 rings (SSSR count). The Hall–Kier alpha value is -1.77. The fraction of sp³-hybridized carbons (Fsp3) is 0.375. The monoisotopic (exact) mass is 367 g/mol. The van der Waals surface area contributed by atoms with Gasteiger partial charge in [0.05, 0.1) is 4.88 Å². The van der Waals surface area contributed by atoms with Gasteiger partial charge in [-0.1, -0.05) is 6.92 Å². The molecule has 2 aromatic rings. The van der Waals surface area contributed by atoms with Crippen LogP contribution in [0.5, 0.6) is 0 Å². The summed E-state index contributed by atoms with van der Waals surface area (Å²) in [6, 6.07) is 4.82. The molecule has 1 amide bonds. The summed E-state index contributed by atoms with van der Waals surface area (Å²) in [5, 5.41) is 4.56. The average Bonchev–Trinajstić information content (AvgIpc) is 2.94. The lowest BCUT2D eigenvalue weighted by molar-refractivity contribution is 0.102. The summed E-state index contributed by atoms with van der Waals surface area (Å²) in [5.41, 5.74) is 0.396. The van der Waals surface area contributed by atoms with E-state index in [0.717, 1.165) is 12.0 Å². The minimum atomic E-state index is -3.64. The number of aromatic nitrogens is 1. The first-order valence-corrected chi connectivity index (χ1v) is 9.86. The van der Waals surface area contributed by atoms with Crippen molar-refractivity contribution in [3.8, 4) is 0 Å². The number of sulfonamides is 1.